The Labute approximate surface area is 257 Å². The summed E-state index contributed by atoms with van der Waals surface area (Å²) in [6.07, 6.45) is 40.6. The third-order valence-electron chi connectivity index (χ3n) is 6.64. The molecular formula is C35H59NO5S. The number of hydrogen-bond donors (Lipinski definition) is 3. The van der Waals surface area contributed by atoms with E-state index in [1.54, 1.807) is 0 Å². The molecule has 1 amide bonds. The standard InChI is InChI=1S/C35H59NO5S/c1-3-5-7-9-11-12-13-14-15-16-17-18-19-20-21-22-23-24-25-27-29-31-35(38)36-33(32-42(39,40)41)34(37)30-28-26-10-8-6-4-2/h5,7,11-12,14-15,17-18,20-21,28,30,33-34,37H,3-4,6,8-10,13,16,19,22-27,29,31-32H2,1-2H3,(H,36,38)(H,39,40,41)/b7-5-,12-11-,15-14-,18-17-,21-20-,30-28+. The Bertz CT molecular complexity index is 931. The molecule has 0 aliphatic heterocycles. The van der Waals surface area contributed by atoms with Crippen LogP contribution < -0.4 is 5.32 Å². The summed E-state index contributed by atoms with van der Waals surface area (Å²) in [4.78, 5) is 12.3. The second kappa shape index (κ2) is 28.9. The van der Waals surface area contributed by atoms with Crippen LogP contribution in [-0.4, -0.2) is 41.9 Å². The molecule has 0 rings (SSSR count). The molecule has 0 saturated carbocycles. The van der Waals surface area contributed by atoms with Crippen LogP contribution in [0.5, 0.6) is 0 Å². The van der Waals surface area contributed by atoms with Crippen LogP contribution in [0, 0.1) is 0 Å². The molecule has 0 aromatic heterocycles. The molecule has 0 aliphatic rings. The molecule has 0 fully saturated rings. The van der Waals surface area contributed by atoms with Crippen LogP contribution >= 0.6 is 0 Å². The van der Waals surface area contributed by atoms with Crippen molar-refractivity contribution in [2.45, 2.75) is 135 Å². The van der Waals surface area contributed by atoms with Crippen LogP contribution in [0.15, 0.2) is 72.9 Å². The van der Waals surface area contributed by atoms with Crippen molar-refractivity contribution in [3.05, 3.63) is 72.9 Å². The van der Waals surface area contributed by atoms with Gasteiger partial charge in [-0.25, -0.2) is 0 Å². The quantitative estimate of drug-likeness (QED) is 0.0493. The molecule has 0 heterocycles. The Balaban J connectivity index is 3.98. The van der Waals surface area contributed by atoms with E-state index in [0.29, 0.717) is 6.42 Å². The fourth-order valence-corrected chi connectivity index (χ4v) is 4.97. The summed E-state index contributed by atoms with van der Waals surface area (Å²) in [6.45, 7) is 4.28. The zero-order valence-electron chi connectivity index (χ0n) is 26.3. The van der Waals surface area contributed by atoms with Crippen LogP contribution in [0.1, 0.15) is 123 Å². The minimum absolute atomic E-state index is 0.268. The second-order valence-electron chi connectivity index (χ2n) is 10.7. The lowest BCUT2D eigenvalue weighted by molar-refractivity contribution is -0.122. The maximum absolute atomic E-state index is 12.3. The number of carbonyl (C=O) groups excluding carboxylic acids is 1. The van der Waals surface area contributed by atoms with Gasteiger partial charge in [0, 0.05) is 6.42 Å². The molecule has 0 bridgehead atoms. The van der Waals surface area contributed by atoms with E-state index in [2.05, 4.69) is 79.9 Å². The van der Waals surface area contributed by atoms with Gasteiger partial charge in [0.1, 0.15) is 0 Å². The molecule has 0 aromatic rings. The van der Waals surface area contributed by atoms with Crippen molar-refractivity contribution >= 4 is 16.0 Å². The summed E-state index contributed by atoms with van der Waals surface area (Å²) in [6, 6.07) is -1.07. The molecule has 0 spiro atoms. The highest BCUT2D eigenvalue weighted by molar-refractivity contribution is 7.85. The molecule has 2 atom stereocenters. The molecular weight excluding hydrogens is 546 g/mol. The highest BCUT2D eigenvalue weighted by Gasteiger charge is 2.24. The lowest BCUT2D eigenvalue weighted by Crippen LogP contribution is -2.46. The van der Waals surface area contributed by atoms with Crippen molar-refractivity contribution in [2.75, 3.05) is 5.75 Å². The summed E-state index contributed by atoms with van der Waals surface area (Å²) in [5.74, 6) is -1.02. The zero-order valence-corrected chi connectivity index (χ0v) is 27.2. The van der Waals surface area contributed by atoms with E-state index >= 15 is 0 Å². The van der Waals surface area contributed by atoms with Crippen LogP contribution in [-0.2, 0) is 14.9 Å². The van der Waals surface area contributed by atoms with Gasteiger partial charge >= 0.3 is 0 Å². The molecule has 240 valence electrons. The summed E-state index contributed by atoms with van der Waals surface area (Å²) >= 11 is 0. The largest absolute Gasteiger partial charge is 0.387 e. The predicted octanol–water partition coefficient (Wildman–Crippen LogP) is 8.73. The molecule has 2 unspecified atom stereocenters. The Kier molecular flexibility index (Phi) is 27.4. The summed E-state index contributed by atoms with van der Waals surface area (Å²) in [7, 11) is -4.34. The van der Waals surface area contributed by atoms with E-state index in [4.69, 9.17) is 0 Å². The average molecular weight is 606 g/mol. The SMILES string of the molecule is CC/C=C\C/C=C\C/C=C\C/C=C\C/C=C\CCCCCCCC(=O)NC(CS(=O)(=O)O)C(O)/C=C/CCCCCC. The number of amides is 1. The van der Waals surface area contributed by atoms with E-state index < -0.39 is 28.0 Å². The Hall–Kier alpha value is -2.22. The van der Waals surface area contributed by atoms with Crippen molar-refractivity contribution in [2.24, 2.45) is 0 Å². The van der Waals surface area contributed by atoms with Gasteiger partial charge in [-0.05, 0) is 64.2 Å². The van der Waals surface area contributed by atoms with Gasteiger partial charge in [0.25, 0.3) is 10.1 Å². The highest BCUT2D eigenvalue weighted by atomic mass is 32.2. The molecule has 0 saturated heterocycles. The van der Waals surface area contributed by atoms with E-state index in [-0.39, 0.29) is 12.3 Å². The van der Waals surface area contributed by atoms with Gasteiger partial charge in [0.15, 0.2) is 0 Å². The van der Waals surface area contributed by atoms with Crippen molar-refractivity contribution in [3.63, 3.8) is 0 Å². The van der Waals surface area contributed by atoms with E-state index in [9.17, 15) is 22.9 Å². The number of aliphatic hydroxyl groups excluding tert-OH is 1. The lowest BCUT2D eigenvalue weighted by atomic mass is 10.1. The van der Waals surface area contributed by atoms with Gasteiger partial charge in [0.2, 0.25) is 5.91 Å². The third-order valence-corrected chi connectivity index (χ3v) is 7.42. The monoisotopic (exact) mass is 605 g/mol. The first-order valence-corrected chi connectivity index (χ1v) is 17.7. The topological polar surface area (TPSA) is 104 Å². The van der Waals surface area contributed by atoms with Gasteiger partial charge in [-0.3, -0.25) is 9.35 Å². The van der Waals surface area contributed by atoms with E-state index in [0.717, 1.165) is 96.3 Å². The Morgan fingerprint density at radius 1 is 0.667 bits per heavy atom. The minimum atomic E-state index is -4.34. The van der Waals surface area contributed by atoms with Gasteiger partial charge in [-0.1, -0.05) is 125 Å². The number of rotatable bonds is 27. The van der Waals surface area contributed by atoms with E-state index in [1.165, 1.54) is 6.08 Å². The van der Waals surface area contributed by atoms with Gasteiger partial charge in [0.05, 0.1) is 17.9 Å². The molecule has 6 nitrogen and oxygen atoms in total. The predicted molar refractivity (Wildman–Crippen MR) is 179 cm³/mol. The number of allylic oxidation sites excluding steroid dienone is 11. The molecule has 0 aromatic carbocycles. The van der Waals surface area contributed by atoms with Gasteiger partial charge < -0.3 is 10.4 Å². The van der Waals surface area contributed by atoms with Gasteiger partial charge in [-0.2, -0.15) is 8.42 Å². The molecule has 0 radical (unpaired) electrons. The normalized spacial score (nSPS) is 14.5. The van der Waals surface area contributed by atoms with Crippen LogP contribution in [0.25, 0.3) is 0 Å². The van der Waals surface area contributed by atoms with Crippen molar-refractivity contribution in [1.82, 2.24) is 5.32 Å². The average Bonchev–Trinajstić information content (AvgIpc) is 2.94. The number of hydrogen-bond acceptors (Lipinski definition) is 4. The van der Waals surface area contributed by atoms with E-state index in [1.807, 2.05) is 6.08 Å². The number of carbonyl (C=O) groups is 1. The molecule has 3 N–H and O–H groups in total. The van der Waals surface area contributed by atoms with Crippen LogP contribution in [0.3, 0.4) is 0 Å². The minimum Gasteiger partial charge on any atom is -0.387 e. The van der Waals surface area contributed by atoms with Crippen LogP contribution in [0.2, 0.25) is 0 Å². The smallest absolute Gasteiger partial charge is 0.267 e. The molecule has 7 heteroatoms. The number of aliphatic hydroxyl groups is 1. The summed E-state index contributed by atoms with van der Waals surface area (Å²) in [5.41, 5.74) is 0. The van der Waals surface area contributed by atoms with Crippen molar-refractivity contribution < 1.29 is 22.9 Å². The highest BCUT2D eigenvalue weighted by Crippen LogP contribution is 2.10. The first-order chi connectivity index (χ1) is 20.3. The zero-order chi connectivity index (χ0) is 31.2. The van der Waals surface area contributed by atoms with Crippen molar-refractivity contribution in [1.29, 1.82) is 0 Å². The Morgan fingerprint density at radius 3 is 1.69 bits per heavy atom. The summed E-state index contributed by atoms with van der Waals surface area (Å²) in [5, 5.41) is 13.0. The lowest BCUT2D eigenvalue weighted by Gasteiger charge is -2.21. The fraction of sp³-hybridized carbons (Fsp3) is 0.629. The summed E-state index contributed by atoms with van der Waals surface area (Å²) < 4.78 is 32.0. The third kappa shape index (κ3) is 29.3. The Morgan fingerprint density at radius 2 is 1.14 bits per heavy atom. The van der Waals surface area contributed by atoms with Crippen molar-refractivity contribution in [3.8, 4) is 0 Å². The van der Waals surface area contributed by atoms with Crippen LogP contribution in [0.4, 0.5) is 0 Å². The number of nitrogens with one attached hydrogen (secondary N) is 1. The van der Waals surface area contributed by atoms with Gasteiger partial charge in [-0.15, -0.1) is 0 Å². The maximum atomic E-state index is 12.3. The fourth-order valence-electron chi connectivity index (χ4n) is 4.24. The first-order valence-electron chi connectivity index (χ1n) is 16.1. The maximum Gasteiger partial charge on any atom is 0.267 e. The molecule has 0 aliphatic carbocycles. The second-order valence-corrected chi connectivity index (χ2v) is 12.2. The molecule has 42 heavy (non-hydrogen) atoms. The first kappa shape index (κ1) is 39.8. The number of unbranched alkanes of at least 4 members (excludes halogenated alkanes) is 9.